The number of rotatable bonds is 1. The molecule has 0 aromatic rings. The van der Waals surface area contributed by atoms with Crippen molar-refractivity contribution >= 4 is 5.91 Å². The second-order valence-corrected chi connectivity index (χ2v) is 1.85. The molecule has 1 rings (SSSR count). The Morgan fingerprint density at radius 2 is 2.44 bits per heavy atom. The van der Waals surface area contributed by atoms with Gasteiger partial charge in [0, 0.05) is 6.42 Å². The molecule has 9 heavy (non-hydrogen) atoms. The highest BCUT2D eigenvalue weighted by molar-refractivity contribution is 5.82. The Balaban J connectivity index is 2.61. The molecule has 0 aromatic carbocycles. The molecule has 50 valence electrons. The second-order valence-electron chi connectivity index (χ2n) is 1.85. The van der Waals surface area contributed by atoms with Gasteiger partial charge in [0.25, 0.3) is 5.91 Å². The molecule has 1 N–H and O–H groups in total. The van der Waals surface area contributed by atoms with Crippen molar-refractivity contribution in [2.45, 2.75) is 12.5 Å². The van der Waals surface area contributed by atoms with Gasteiger partial charge in [0.05, 0.1) is 11.8 Å². The van der Waals surface area contributed by atoms with Crippen LogP contribution in [0.25, 0.3) is 0 Å². The Labute approximate surface area is 51.2 Å². The van der Waals surface area contributed by atoms with Crippen LogP contribution >= 0.6 is 0 Å². The summed E-state index contributed by atoms with van der Waals surface area (Å²) in [6.45, 7) is 0.240. The number of nitrogens with zero attached hydrogens (tertiary/aromatic N) is 2. The molecule has 1 aliphatic heterocycles. The largest absolute Gasteiger partial charge is 0.383 e. The van der Waals surface area contributed by atoms with E-state index in [0.29, 0.717) is 6.42 Å². The molecule has 0 aliphatic carbocycles. The average Bonchev–Trinajstić information content (AvgIpc) is 2.15. The fraction of sp³-hybridized carbons (Fsp3) is 0.750. The van der Waals surface area contributed by atoms with Crippen molar-refractivity contribution in [1.29, 1.82) is 0 Å². The van der Waals surface area contributed by atoms with Crippen LogP contribution in [0.15, 0.2) is 5.29 Å². The number of amides is 1. The zero-order chi connectivity index (χ0) is 6.85. The average molecular weight is 130 g/mol. The molecule has 1 unspecified atom stereocenters. The van der Waals surface area contributed by atoms with Crippen LogP contribution < -0.4 is 0 Å². The van der Waals surface area contributed by atoms with Crippen LogP contribution in [-0.4, -0.2) is 28.7 Å². The Kier molecular flexibility index (Phi) is 1.44. The number of hydrogen-bond donors (Lipinski definition) is 1. The van der Waals surface area contributed by atoms with Crippen LogP contribution in [0.5, 0.6) is 0 Å². The lowest BCUT2D eigenvalue weighted by Crippen LogP contribution is -2.23. The maximum Gasteiger partial charge on any atom is 0.274 e. The van der Waals surface area contributed by atoms with Crippen LogP contribution in [-0.2, 0) is 4.79 Å². The molecule has 5 nitrogen and oxygen atoms in total. The molecule has 1 saturated heterocycles. The van der Waals surface area contributed by atoms with E-state index in [-0.39, 0.29) is 6.54 Å². The molecule has 0 spiro atoms. The van der Waals surface area contributed by atoms with Crippen molar-refractivity contribution in [3.05, 3.63) is 4.91 Å². The fourth-order valence-corrected chi connectivity index (χ4v) is 0.731. The van der Waals surface area contributed by atoms with Crippen molar-refractivity contribution in [2.75, 3.05) is 6.54 Å². The predicted octanol–water partition coefficient (Wildman–Crippen LogP) is -0.739. The minimum absolute atomic E-state index is 0.240. The maximum absolute atomic E-state index is 10.5. The lowest BCUT2D eigenvalue weighted by molar-refractivity contribution is -0.134. The Bertz CT molecular complexity index is 147. The zero-order valence-electron chi connectivity index (χ0n) is 4.65. The molecule has 1 heterocycles. The molecule has 1 amide bonds. The number of carbonyl (C=O) groups excluding carboxylic acids is 1. The maximum atomic E-state index is 10.5. The van der Waals surface area contributed by atoms with E-state index in [4.69, 9.17) is 5.11 Å². The van der Waals surface area contributed by atoms with Crippen LogP contribution in [0.2, 0.25) is 0 Å². The van der Waals surface area contributed by atoms with E-state index in [1.54, 1.807) is 0 Å². The molecule has 0 bridgehead atoms. The Morgan fingerprint density at radius 3 is 2.67 bits per heavy atom. The lowest BCUT2D eigenvalue weighted by atomic mass is 10.3. The van der Waals surface area contributed by atoms with E-state index >= 15 is 0 Å². The monoisotopic (exact) mass is 130 g/mol. The molecule has 1 atom stereocenters. The van der Waals surface area contributed by atoms with E-state index < -0.39 is 12.0 Å². The smallest absolute Gasteiger partial charge is 0.274 e. The molecule has 0 aromatic heterocycles. The summed E-state index contributed by atoms with van der Waals surface area (Å²) in [5.74, 6) is -0.593. The van der Waals surface area contributed by atoms with E-state index in [0.717, 1.165) is 5.01 Å². The Morgan fingerprint density at radius 1 is 1.78 bits per heavy atom. The van der Waals surface area contributed by atoms with Gasteiger partial charge in [-0.1, -0.05) is 0 Å². The van der Waals surface area contributed by atoms with Crippen molar-refractivity contribution < 1.29 is 9.90 Å². The van der Waals surface area contributed by atoms with Crippen molar-refractivity contribution in [3.63, 3.8) is 0 Å². The SMILES string of the molecule is O=NN1CCC(O)C1=O. The first-order valence-electron chi connectivity index (χ1n) is 2.58. The lowest BCUT2D eigenvalue weighted by Gasteiger charge is -2.00. The third-order valence-corrected chi connectivity index (χ3v) is 1.25. The van der Waals surface area contributed by atoms with Gasteiger partial charge in [-0.05, 0) is 0 Å². The van der Waals surface area contributed by atoms with Crippen LogP contribution in [0.3, 0.4) is 0 Å². The number of nitroso groups, excluding NO2 is 1. The van der Waals surface area contributed by atoms with E-state index in [2.05, 4.69) is 5.29 Å². The van der Waals surface area contributed by atoms with Gasteiger partial charge in [-0.25, -0.2) is 0 Å². The van der Waals surface area contributed by atoms with E-state index in [9.17, 15) is 9.70 Å². The first kappa shape index (κ1) is 6.15. The summed E-state index contributed by atoms with van der Waals surface area (Å²) in [5.41, 5.74) is 0. The normalized spacial score (nSPS) is 27.0. The molecule has 0 radical (unpaired) electrons. The van der Waals surface area contributed by atoms with Crippen molar-refractivity contribution in [2.24, 2.45) is 5.29 Å². The molecule has 0 saturated carbocycles. The molecule has 1 fully saturated rings. The van der Waals surface area contributed by atoms with Crippen LogP contribution in [0.4, 0.5) is 0 Å². The van der Waals surface area contributed by atoms with Gasteiger partial charge in [-0.3, -0.25) is 4.79 Å². The number of hydrogen-bond acceptors (Lipinski definition) is 4. The standard InChI is InChI=1S/C4H6N2O3/c7-3-1-2-6(5-9)4(3)8/h3,7H,1-2H2. The van der Waals surface area contributed by atoms with Crippen LogP contribution in [0, 0.1) is 4.91 Å². The van der Waals surface area contributed by atoms with Crippen molar-refractivity contribution in [1.82, 2.24) is 5.01 Å². The summed E-state index contributed by atoms with van der Waals surface area (Å²) in [4.78, 5) is 20.2. The van der Waals surface area contributed by atoms with E-state index in [1.807, 2.05) is 0 Å². The quantitative estimate of drug-likeness (QED) is 0.475. The zero-order valence-corrected chi connectivity index (χ0v) is 4.65. The second kappa shape index (κ2) is 2.10. The summed E-state index contributed by atoms with van der Waals surface area (Å²) in [7, 11) is 0. The number of aliphatic hydroxyl groups is 1. The third kappa shape index (κ3) is 0.904. The van der Waals surface area contributed by atoms with Gasteiger partial charge in [-0.15, -0.1) is 4.91 Å². The Hall–Kier alpha value is -0.970. The summed E-state index contributed by atoms with van der Waals surface area (Å²) >= 11 is 0. The van der Waals surface area contributed by atoms with Gasteiger partial charge in [-0.2, -0.15) is 5.01 Å². The van der Waals surface area contributed by atoms with Gasteiger partial charge in [0.15, 0.2) is 0 Å². The van der Waals surface area contributed by atoms with Gasteiger partial charge in [0.2, 0.25) is 0 Å². The first-order chi connectivity index (χ1) is 4.25. The van der Waals surface area contributed by atoms with Gasteiger partial charge >= 0.3 is 0 Å². The van der Waals surface area contributed by atoms with Crippen molar-refractivity contribution in [3.8, 4) is 0 Å². The summed E-state index contributed by atoms with van der Waals surface area (Å²) in [6.07, 6.45) is -0.701. The number of carbonyl (C=O) groups is 1. The fourth-order valence-electron chi connectivity index (χ4n) is 0.731. The first-order valence-corrected chi connectivity index (χ1v) is 2.58. The van der Waals surface area contributed by atoms with Gasteiger partial charge in [0.1, 0.15) is 6.10 Å². The molecule has 5 heteroatoms. The summed E-state index contributed by atoms with van der Waals surface area (Å²) in [6, 6.07) is 0. The predicted molar refractivity (Wildman–Crippen MR) is 28.1 cm³/mol. The van der Waals surface area contributed by atoms with Crippen LogP contribution in [0.1, 0.15) is 6.42 Å². The molecular weight excluding hydrogens is 124 g/mol. The highest BCUT2D eigenvalue weighted by Gasteiger charge is 2.30. The topological polar surface area (TPSA) is 70.0 Å². The molecular formula is C4H6N2O3. The van der Waals surface area contributed by atoms with Gasteiger partial charge < -0.3 is 5.11 Å². The summed E-state index contributed by atoms with van der Waals surface area (Å²) < 4.78 is 0. The highest BCUT2D eigenvalue weighted by Crippen LogP contribution is 2.09. The molecule has 1 aliphatic rings. The minimum atomic E-state index is -1.01. The summed E-state index contributed by atoms with van der Waals surface area (Å²) in [5, 5.41) is 11.8. The minimum Gasteiger partial charge on any atom is -0.383 e. The number of aliphatic hydroxyl groups excluding tert-OH is 1. The highest BCUT2D eigenvalue weighted by atomic mass is 16.3. The van der Waals surface area contributed by atoms with E-state index in [1.165, 1.54) is 0 Å². The third-order valence-electron chi connectivity index (χ3n) is 1.25.